The number of fused-ring (bicyclic) bond motifs is 1. The van der Waals surface area contributed by atoms with Gasteiger partial charge in [-0.05, 0) is 60.0 Å². The highest BCUT2D eigenvalue weighted by atomic mass is 16.5. The highest BCUT2D eigenvalue weighted by Crippen LogP contribution is 2.37. The molecule has 0 saturated carbocycles. The van der Waals surface area contributed by atoms with Crippen molar-refractivity contribution in [2.75, 3.05) is 17.2 Å². The van der Waals surface area contributed by atoms with E-state index >= 15 is 0 Å². The van der Waals surface area contributed by atoms with E-state index in [1.165, 1.54) is 6.20 Å². The van der Waals surface area contributed by atoms with Gasteiger partial charge in [-0.1, -0.05) is 31.2 Å². The van der Waals surface area contributed by atoms with Gasteiger partial charge in [-0.25, -0.2) is 4.98 Å². The summed E-state index contributed by atoms with van der Waals surface area (Å²) in [7, 11) is 0. The molecule has 0 bridgehead atoms. The number of amides is 1. The zero-order valence-corrected chi connectivity index (χ0v) is 19.7. The van der Waals surface area contributed by atoms with Crippen molar-refractivity contribution in [1.29, 1.82) is 5.26 Å². The fourth-order valence-corrected chi connectivity index (χ4v) is 4.13. The number of rotatable bonds is 6. The number of carbonyl (C=O) groups excluding carboxylic acids is 1. The maximum atomic E-state index is 13.4. The molecule has 2 aromatic carbocycles. The minimum Gasteiger partial charge on any atom is -0.456 e. The molecular formula is C29H23N5O2. The third kappa shape index (κ3) is 4.79. The SMILES string of the molecule is CCC1=C(C(=O)Nc2ccc(C#N)nc2)c2cc(-c3cncc(Oc4ccccc4)c3)ccc2NC1. The molecule has 0 atom stereocenters. The van der Waals surface area contributed by atoms with Gasteiger partial charge in [0, 0.05) is 35.1 Å². The molecule has 0 unspecified atom stereocenters. The highest BCUT2D eigenvalue weighted by Gasteiger charge is 2.24. The second-order valence-corrected chi connectivity index (χ2v) is 8.27. The molecule has 2 N–H and O–H groups in total. The van der Waals surface area contributed by atoms with E-state index in [0.717, 1.165) is 40.1 Å². The summed E-state index contributed by atoms with van der Waals surface area (Å²) in [6, 6.07) is 22.7. The number of anilines is 2. The average molecular weight is 474 g/mol. The van der Waals surface area contributed by atoms with Gasteiger partial charge in [-0.2, -0.15) is 5.26 Å². The molecule has 7 heteroatoms. The summed E-state index contributed by atoms with van der Waals surface area (Å²) >= 11 is 0. The number of aromatic nitrogens is 2. The van der Waals surface area contributed by atoms with Crippen LogP contribution in [0.4, 0.5) is 11.4 Å². The van der Waals surface area contributed by atoms with Gasteiger partial charge in [0.2, 0.25) is 0 Å². The predicted octanol–water partition coefficient (Wildman–Crippen LogP) is 6.04. The summed E-state index contributed by atoms with van der Waals surface area (Å²) in [6.07, 6.45) is 5.68. The number of hydrogen-bond donors (Lipinski definition) is 2. The summed E-state index contributed by atoms with van der Waals surface area (Å²) in [6.45, 7) is 2.63. The number of pyridine rings is 2. The number of nitrogens with zero attached hydrogens (tertiary/aromatic N) is 3. The quantitative estimate of drug-likeness (QED) is 0.354. The summed E-state index contributed by atoms with van der Waals surface area (Å²) in [4.78, 5) is 21.8. The van der Waals surface area contributed by atoms with Gasteiger partial charge >= 0.3 is 0 Å². The van der Waals surface area contributed by atoms with Crippen LogP contribution in [-0.4, -0.2) is 22.4 Å². The molecular weight excluding hydrogens is 450 g/mol. The molecule has 7 nitrogen and oxygen atoms in total. The lowest BCUT2D eigenvalue weighted by Gasteiger charge is -2.25. The molecule has 4 aromatic rings. The first-order valence-corrected chi connectivity index (χ1v) is 11.6. The second-order valence-electron chi connectivity index (χ2n) is 8.27. The number of carbonyl (C=O) groups is 1. The Bertz CT molecular complexity index is 1490. The maximum Gasteiger partial charge on any atom is 0.256 e. The molecule has 3 heterocycles. The van der Waals surface area contributed by atoms with E-state index in [-0.39, 0.29) is 5.91 Å². The van der Waals surface area contributed by atoms with Crippen LogP contribution in [0.2, 0.25) is 0 Å². The number of hydrogen-bond acceptors (Lipinski definition) is 6. The highest BCUT2D eigenvalue weighted by molar-refractivity contribution is 6.28. The maximum absolute atomic E-state index is 13.4. The molecule has 176 valence electrons. The van der Waals surface area contributed by atoms with Crippen LogP contribution in [0.3, 0.4) is 0 Å². The molecule has 5 rings (SSSR count). The van der Waals surface area contributed by atoms with E-state index in [0.29, 0.717) is 29.2 Å². The Morgan fingerprint density at radius 3 is 2.64 bits per heavy atom. The lowest BCUT2D eigenvalue weighted by atomic mass is 9.90. The molecule has 1 aliphatic rings. The van der Waals surface area contributed by atoms with Crippen molar-refractivity contribution >= 4 is 22.9 Å². The van der Waals surface area contributed by atoms with Crippen LogP contribution in [0.1, 0.15) is 24.6 Å². The monoisotopic (exact) mass is 473 g/mol. The average Bonchev–Trinajstić information content (AvgIpc) is 2.93. The van der Waals surface area contributed by atoms with Crippen LogP contribution in [0.25, 0.3) is 16.7 Å². The summed E-state index contributed by atoms with van der Waals surface area (Å²) < 4.78 is 5.96. The van der Waals surface area contributed by atoms with Gasteiger partial charge in [0.05, 0.1) is 18.1 Å². The third-order valence-electron chi connectivity index (χ3n) is 5.95. The molecule has 0 spiro atoms. The van der Waals surface area contributed by atoms with Crippen LogP contribution < -0.4 is 15.4 Å². The molecule has 1 aliphatic heterocycles. The van der Waals surface area contributed by atoms with Gasteiger partial charge in [0.1, 0.15) is 23.3 Å². The van der Waals surface area contributed by atoms with Crippen molar-refractivity contribution in [3.63, 3.8) is 0 Å². The van der Waals surface area contributed by atoms with Gasteiger partial charge in [-0.15, -0.1) is 0 Å². The molecule has 2 aromatic heterocycles. The Hall–Kier alpha value is -4.96. The summed E-state index contributed by atoms with van der Waals surface area (Å²) in [5.41, 5.74) is 6.00. The van der Waals surface area contributed by atoms with Crippen LogP contribution in [0.5, 0.6) is 11.5 Å². The van der Waals surface area contributed by atoms with Crippen LogP contribution in [0.15, 0.2) is 90.9 Å². The normalized spacial score (nSPS) is 12.2. The fourth-order valence-electron chi connectivity index (χ4n) is 4.13. The molecule has 1 amide bonds. The predicted molar refractivity (Wildman–Crippen MR) is 139 cm³/mol. The van der Waals surface area contributed by atoms with E-state index < -0.39 is 0 Å². The first-order valence-electron chi connectivity index (χ1n) is 11.6. The van der Waals surface area contributed by atoms with Gasteiger partial charge < -0.3 is 15.4 Å². The molecule has 36 heavy (non-hydrogen) atoms. The molecule has 0 radical (unpaired) electrons. The van der Waals surface area contributed by atoms with Crippen LogP contribution in [0, 0.1) is 11.3 Å². The smallest absolute Gasteiger partial charge is 0.256 e. The number of ether oxygens (including phenoxy) is 1. The first-order chi connectivity index (χ1) is 17.6. The summed E-state index contributed by atoms with van der Waals surface area (Å²) in [5, 5.41) is 15.3. The lowest BCUT2D eigenvalue weighted by molar-refractivity contribution is -0.111. The fraction of sp³-hybridized carbons (Fsp3) is 0.103. The van der Waals surface area contributed by atoms with E-state index in [4.69, 9.17) is 10.00 Å². The van der Waals surface area contributed by atoms with E-state index in [9.17, 15) is 4.79 Å². The molecule has 0 saturated heterocycles. The Morgan fingerprint density at radius 2 is 1.89 bits per heavy atom. The van der Waals surface area contributed by atoms with Crippen LogP contribution >= 0.6 is 0 Å². The Balaban J connectivity index is 1.47. The number of benzene rings is 2. The number of para-hydroxylation sites is 1. The number of nitrogens with one attached hydrogen (secondary N) is 2. The van der Waals surface area contributed by atoms with Crippen molar-refractivity contribution in [1.82, 2.24) is 9.97 Å². The Kier molecular flexibility index (Phi) is 6.41. The number of nitriles is 1. The van der Waals surface area contributed by atoms with Crippen molar-refractivity contribution in [3.05, 3.63) is 102 Å². The Morgan fingerprint density at radius 1 is 1.03 bits per heavy atom. The molecule has 0 aliphatic carbocycles. The minimum atomic E-state index is -0.211. The van der Waals surface area contributed by atoms with Crippen molar-refractivity contribution in [2.24, 2.45) is 0 Å². The summed E-state index contributed by atoms with van der Waals surface area (Å²) in [5.74, 6) is 1.15. The van der Waals surface area contributed by atoms with E-state index in [1.54, 1.807) is 24.5 Å². The minimum absolute atomic E-state index is 0.211. The van der Waals surface area contributed by atoms with E-state index in [1.807, 2.05) is 67.6 Å². The lowest BCUT2D eigenvalue weighted by Crippen LogP contribution is -2.22. The van der Waals surface area contributed by atoms with Crippen molar-refractivity contribution < 1.29 is 9.53 Å². The second kappa shape index (κ2) is 10.1. The van der Waals surface area contributed by atoms with Gasteiger partial charge in [-0.3, -0.25) is 9.78 Å². The van der Waals surface area contributed by atoms with Gasteiger partial charge in [0.15, 0.2) is 0 Å². The molecule has 0 fully saturated rings. The zero-order chi connectivity index (χ0) is 24.9. The third-order valence-corrected chi connectivity index (χ3v) is 5.95. The van der Waals surface area contributed by atoms with Crippen LogP contribution in [-0.2, 0) is 4.79 Å². The van der Waals surface area contributed by atoms with Gasteiger partial charge in [0.25, 0.3) is 5.91 Å². The Labute approximate surface area is 209 Å². The topological polar surface area (TPSA) is 99.9 Å². The standard InChI is InChI=1S/C29H23N5O2/c1-2-19-16-33-27-11-8-20(21-12-25(18-31-15-21)36-24-6-4-3-5-7-24)13-26(27)28(19)29(35)34-23-10-9-22(14-30)32-17-23/h3-13,15,17-18,33H,2,16H2,1H3,(H,34,35). The van der Waals surface area contributed by atoms with Crippen molar-refractivity contribution in [3.8, 4) is 28.7 Å². The zero-order valence-electron chi connectivity index (χ0n) is 19.7. The van der Waals surface area contributed by atoms with Crippen molar-refractivity contribution in [2.45, 2.75) is 13.3 Å². The van der Waals surface area contributed by atoms with E-state index in [2.05, 4.69) is 20.6 Å². The largest absolute Gasteiger partial charge is 0.456 e. The first kappa shape index (κ1) is 22.8.